The highest BCUT2D eigenvalue weighted by Gasteiger charge is 2.34. The van der Waals surface area contributed by atoms with Crippen LogP contribution in [-0.2, 0) is 22.0 Å². The van der Waals surface area contributed by atoms with Crippen LogP contribution in [0.25, 0.3) is 0 Å². The van der Waals surface area contributed by atoms with Crippen LogP contribution in [0.2, 0.25) is 0 Å². The molecule has 0 spiro atoms. The zero-order chi connectivity index (χ0) is 16.4. The molecule has 23 heavy (non-hydrogen) atoms. The molecule has 1 fully saturated rings. The first-order valence-corrected chi connectivity index (χ1v) is 8.73. The van der Waals surface area contributed by atoms with Crippen molar-refractivity contribution >= 4 is 22.4 Å². The summed E-state index contributed by atoms with van der Waals surface area (Å²) in [6.07, 6.45) is -1.91. The molecular formula is C14H20ClF3N2O2S. The van der Waals surface area contributed by atoms with E-state index in [9.17, 15) is 21.6 Å². The molecule has 9 heteroatoms. The molecule has 4 nitrogen and oxygen atoms in total. The molecule has 1 aromatic carbocycles. The van der Waals surface area contributed by atoms with E-state index in [1.54, 1.807) is 0 Å². The molecule has 3 N–H and O–H groups in total. The van der Waals surface area contributed by atoms with Crippen molar-refractivity contribution in [3.8, 4) is 0 Å². The fourth-order valence-corrected chi connectivity index (χ4v) is 4.15. The Morgan fingerprint density at radius 1 is 1.13 bits per heavy atom. The third kappa shape index (κ3) is 5.95. The Bertz CT molecular complexity index is 615. The third-order valence-electron chi connectivity index (χ3n) is 3.79. The summed E-state index contributed by atoms with van der Waals surface area (Å²) in [5.41, 5.74) is 4.60. The van der Waals surface area contributed by atoms with Crippen molar-refractivity contribution in [2.75, 3.05) is 0 Å². The standard InChI is InChI=1S/C14H19F3N2O2S.ClH/c15-14(16,17)13-4-2-1-3-10(13)9-22(20,21)19-12-7-5-11(18)6-8-12;/h1-4,11-12,19H,5-9,18H2;1H. The highest BCUT2D eigenvalue weighted by atomic mass is 35.5. The van der Waals surface area contributed by atoms with Gasteiger partial charge in [0.05, 0.1) is 11.3 Å². The van der Waals surface area contributed by atoms with Crippen molar-refractivity contribution in [3.05, 3.63) is 35.4 Å². The van der Waals surface area contributed by atoms with E-state index < -0.39 is 27.5 Å². The highest BCUT2D eigenvalue weighted by molar-refractivity contribution is 7.88. The molecule has 1 saturated carbocycles. The molecule has 2 rings (SSSR count). The predicted molar refractivity (Wildman–Crippen MR) is 84.7 cm³/mol. The molecule has 0 atom stereocenters. The lowest BCUT2D eigenvalue weighted by molar-refractivity contribution is -0.138. The Labute approximate surface area is 140 Å². The van der Waals surface area contributed by atoms with Crippen LogP contribution in [0.3, 0.4) is 0 Å². The molecule has 1 aliphatic rings. The second kappa shape index (κ2) is 7.83. The molecule has 1 aliphatic carbocycles. The van der Waals surface area contributed by atoms with Crippen molar-refractivity contribution in [2.45, 2.75) is 49.7 Å². The van der Waals surface area contributed by atoms with Gasteiger partial charge in [0.15, 0.2) is 0 Å². The minimum Gasteiger partial charge on any atom is -0.328 e. The normalized spacial score (nSPS) is 22.4. The predicted octanol–water partition coefficient (Wildman–Crippen LogP) is 2.82. The maximum absolute atomic E-state index is 12.9. The van der Waals surface area contributed by atoms with Gasteiger partial charge in [0.1, 0.15) is 0 Å². The Morgan fingerprint density at radius 2 is 1.70 bits per heavy atom. The average molecular weight is 373 g/mol. The first-order chi connectivity index (χ1) is 10.2. The maximum atomic E-state index is 12.9. The van der Waals surface area contributed by atoms with Gasteiger partial charge in [-0.3, -0.25) is 0 Å². The van der Waals surface area contributed by atoms with Crippen LogP contribution in [0.1, 0.15) is 36.8 Å². The minimum atomic E-state index is -4.57. The maximum Gasteiger partial charge on any atom is 0.416 e. The van der Waals surface area contributed by atoms with Gasteiger partial charge in [-0.2, -0.15) is 13.2 Å². The third-order valence-corrected chi connectivity index (χ3v) is 5.17. The number of nitrogens with one attached hydrogen (secondary N) is 1. The summed E-state index contributed by atoms with van der Waals surface area (Å²) >= 11 is 0. The number of nitrogens with two attached hydrogens (primary N) is 1. The number of hydrogen-bond acceptors (Lipinski definition) is 3. The average Bonchev–Trinajstić information content (AvgIpc) is 2.40. The molecule has 0 unspecified atom stereocenters. The van der Waals surface area contributed by atoms with Gasteiger partial charge in [-0.25, -0.2) is 13.1 Å². The lowest BCUT2D eigenvalue weighted by Crippen LogP contribution is -2.41. The van der Waals surface area contributed by atoms with Crippen molar-refractivity contribution in [1.29, 1.82) is 0 Å². The van der Waals surface area contributed by atoms with Gasteiger partial charge in [-0.1, -0.05) is 18.2 Å². The van der Waals surface area contributed by atoms with Gasteiger partial charge >= 0.3 is 6.18 Å². The summed E-state index contributed by atoms with van der Waals surface area (Å²) in [5, 5.41) is 0. The summed E-state index contributed by atoms with van der Waals surface area (Å²) in [7, 11) is -3.83. The molecule has 0 aromatic heterocycles. The van der Waals surface area contributed by atoms with Crippen LogP contribution < -0.4 is 10.5 Å². The summed E-state index contributed by atoms with van der Waals surface area (Å²) in [5.74, 6) is -0.675. The lowest BCUT2D eigenvalue weighted by Gasteiger charge is -2.26. The molecule has 0 saturated heterocycles. The lowest BCUT2D eigenvalue weighted by atomic mass is 9.93. The van der Waals surface area contributed by atoms with Gasteiger partial charge in [0, 0.05) is 12.1 Å². The monoisotopic (exact) mass is 372 g/mol. The van der Waals surface area contributed by atoms with E-state index in [2.05, 4.69) is 4.72 Å². The summed E-state index contributed by atoms with van der Waals surface area (Å²) in [4.78, 5) is 0. The quantitative estimate of drug-likeness (QED) is 0.853. The zero-order valence-electron chi connectivity index (χ0n) is 12.3. The van der Waals surface area contributed by atoms with Gasteiger partial charge in [-0.15, -0.1) is 12.4 Å². The topological polar surface area (TPSA) is 72.2 Å². The molecule has 0 bridgehead atoms. The van der Waals surface area contributed by atoms with Crippen molar-refractivity contribution in [1.82, 2.24) is 4.72 Å². The van der Waals surface area contributed by atoms with Crippen molar-refractivity contribution < 1.29 is 21.6 Å². The van der Waals surface area contributed by atoms with Gasteiger partial charge in [0.2, 0.25) is 10.0 Å². The molecule has 1 aromatic rings. The minimum absolute atomic E-state index is 0. The number of benzene rings is 1. The zero-order valence-corrected chi connectivity index (χ0v) is 14.0. The number of halogens is 4. The van der Waals surface area contributed by atoms with E-state index in [1.165, 1.54) is 18.2 Å². The molecular weight excluding hydrogens is 353 g/mol. The van der Waals surface area contributed by atoms with E-state index in [0.29, 0.717) is 25.7 Å². The van der Waals surface area contributed by atoms with Crippen LogP contribution in [0, 0.1) is 0 Å². The van der Waals surface area contributed by atoms with Gasteiger partial charge < -0.3 is 5.73 Å². The van der Waals surface area contributed by atoms with Gasteiger partial charge in [-0.05, 0) is 37.3 Å². The fourth-order valence-electron chi connectivity index (χ4n) is 2.66. The van der Waals surface area contributed by atoms with E-state index in [0.717, 1.165) is 6.07 Å². The molecule has 0 aliphatic heterocycles. The van der Waals surface area contributed by atoms with Crippen LogP contribution in [0.4, 0.5) is 13.2 Å². The van der Waals surface area contributed by atoms with E-state index in [-0.39, 0.29) is 30.1 Å². The summed E-state index contributed by atoms with van der Waals surface area (Å²) in [6.45, 7) is 0. The number of sulfonamides is 1. The first kappa shape index (κ1) is 20.2. The second-order valence-electron chi connectivity index (χ2n) is 5.64. The van der Waals surface area contributed by atoms with Crippen LogP contribution in [-0.4, -0.2) is 20.5 Å². The molecule has 0 amide bonds. The van der Waals surface area contributed by atoms with Crippen LogP contribution in [0.5, 0.6) is 0 Å². The number of rotatable bonds is 4. The number of alkyl halides is 3. The molecule has 0 radical (unpaired) electrons. The Balaban J connectivity index is 0.00000264. The summed E-state index contributed by atoms with van der Waals surface area (Å²) in [6, 6.07) is 4.56. The fraction of sp³-hybridized carbons (Fsp3) is 0.571. The molecule has 132 valence electrons. The van der Waals surface area contributed by atoms with E-state index >= 15 is 0 Å². The van der Waals surface area contributed by atoms with Crippen molar-refractivity contribution in [3.63, 3.8) is 0 Å². The van der Waals surface area contributed by atoms with Crippen molar-refractivity contribution in [2.24, 2.45) is 5.73 Å². The van der Waals surface area contributed by atoms with Gasteiger partial charge in [0.25, 0.3) is 0 Å². The van der Waals surface area contributed by atoms with Crippen LogP contribution >= 0.6 is 12.4 Å². The Hall–Kier alpha value is -0.830. The smallest absolute Gasteiger partial charge is 0.328 e. The first-order valence-electron chi connectivity index (χ1n) is 7.08. The van der Waals surface area contributed by atoms with E-state index in [1.807, 2.05) is 0 Å². The van der Waals surface area contributed by atoms with E-state index in [4.69, 9.17) is 5.73 Å². The second-order valence-corrected chi connectivity index (χ2v) is 7.40. The highest BCUT2D eigenvalue weighted by Crippen LogP contribution is 2.32. The SMILES string of the molecule is Cl.NC1CCC(NS(=O)(=O)Cc2ccccc2C(F)(F)F)CC1. The Morgan fingerprint density at radius 3 is 2.26 bits per heavy atom. The Kier molecular flexibility index (Phi) is 6.88. The molecule has 0 heterocycles. The van der Waals surface area contributed by atoms with Crippen LogP contribution in [0.15, 0.2) is 24.3 Å². The summed E-state index contributed by atoms with van der Waals surface area (Å²) < 4.78 is 65.4. The number of hydrogen-bond donors (Lipinski definition) is 2. The largest absolute Gasteiger partial charge is 0.416 e.